The van der Waals surface area contributed by atoms with Crippen LogP contribution in [0.4, 0.5) is 0 Å². The molecule has 0 amide bonds. The van der Waals surface area contributed by atoms with Crippen molar-refractivity contribution in [3.8, 4) is 28.4 Å². The topological polar surface area (TPSA) is 58.4 Å². The van der Waals surface area contributed by atoms with Gasteiger partial charge in [-0.05, 0) is 51.1 Å². The molecule has 1 aliphatic heterocycles. The Morgan fingerprint density at radius 2 is 1.90 bits per heavy atom. The van der Waals surface area contributed by atoms with Gasteiger partial charge in [-0.15, -0.1) is 0 Å². The molecular formula is C23H26ClN3O3. The summed E-state index contributed by atoms with van der Waals surface area (Å²) >= 11 is 6.47. The molecule has 4 rings (SSSR count). The van der Waals surface area contributed by atoms with Gasteiger partial charge in [-0.25, -0.2) is 4.98 Å². The quantitative estimate of drug-likeness (QED) is 0.546. The van der Waals surface area contributed by atoms with Gasteiger partial charge in [-0.2, -0.15) is 0 Å². The minimum atomic E-state index is 0.104. The fourth-order valence-electron chi connectivity index (χ4n) is 3.91. The Morgan fingerprint density at radius 1 is 1.13 bits per heavy atom. The number of pyridine rings is 1. The molecule has 0 aliphatic carbocycles. The summed E-state index contributed by atoms with van der Waals surface area (Å²) in [6, 6.07) is 9.91. The van der Waals surface area contributed by atoms with Crippen LogP contribution in [-0.2, 0) is 22.4 Å². The van der Waals surface area contributed by atoms with E-state index < -0.39 is 0 Å². The molecule has 3 aromatic rings. The Bertz CT molecular complexity index is 1040. The van der Waals surface area contributed by atoms with Crippen LogP contribution in [-0.4, -0.2) is 41.1 Å². The molecule has 0 spiro atoms. The molecule has 6 nitrogen and oxygen atoms in total. The van der Waals surface area contributed by atoms with Gasteiger partial charge in [0.15, 0.2) is 6.79 Å². The van der Waals surface area contributed by atoms with E-state index in [1.165, 1.54) is 5.69 Å². The largest absolute Gasteiger partial charge is 0.466 e. The van der Waals surface area contributed by atoms with Crippen LogP contribution in [0.3, 0.4) is 0 Å². The van der Waals surface area contributed by atoms with Crippen LogP contribution < -0.4 is 4.74 Å². The molecular weight excluding hydrogens is 402 g/mol. The second kappa shape index (κ2) is 8.76. The molecule has 2 aromatic heterocycles. The summed E-state index contributed by atoms with van der Waals surface area (Å²) in [5, 5.41) is 0.525. The molecule has 1 atom stereocenters. The standard InChI is InChI=1S/C23H26ClN3O3/c1-14-9-18(10-15(2)25-14)22-20-7-8-29-16(3)12-27(20)23(26-22)17-5-6-21(19(24)11-17)30-13-28-4/h5-6,9-11,16H,7-8,12-13H2,1-4H3. The first-order valence-electron chi connectivity index (χ1n) is 10.0. The third-order valence-corrected chi connectivity index (χ3v) is 5.43. The van der Waals surface area contributed by atoms with Crippen LogP contribution in [0.5, 0.6) is 5.75 Å². The van der Waals surface area contributed by atoms with E-state index in [9.17, 15) is 0 Å². The first-order chi connectivity index (χ1) is 14.5. The van der Waals surface area contributed by atoms with E-state index in [2.05, 4.69) is 28.6 Å². The number of aryl methyl sites for hydroxylation is 2. The van der Waals surface area contributed by atoms with Crippen molar-refractivity contribution in [1.29, 1.82) is 0 Å². The van der Waals surface area contributed by atoms with Gasteiger partial charge in [0, 0.05) is 41.7 Å². The SMILES string of the molecule is COCOc1ccc(-c2nc(-c3cc(C)nc(C)c3)c3n2CC(C)OCC3)cc1Cl. The van der Waals surface area contributed by atoms with E-state index in [0.29, 0.717) is 17.4 Å². The highest BCUT2D eigenvalue weighted by atomic mass is 35.5. The van der Waals surface area contributed by atoms with E-state index in [4.69, 9.17) is 30.8 Å². The summed E-state index contributed by atoms with van der Waals surface area (Å²) in [5.41, 5.74) is 6.13. The van der Waals surface area contributed by atoms with Gasteiger partial charge in [-0.1, -0.05) is 11.6 Å². The summed E-state index contributed by atoms with van der Waals surface area (Å²) in [7, 11) is 1.58. The van der Waals surface area contributed by atoms with Crippen molar-refractivity contribution < 1.29 is 14.2 Å². The Kier molecular flexibility index (Phi) is 6.09. The van der Waals surface area contributed by atoms with Crippen LogP contribution in [0, 0.1) is 13.8 Å². The Hall–Kier alpha value is -2.41. The molecule has 0 saturated carbocycles. The highest BCUT2D eigenvalue weighted by Gasteiger charge is 2.24. The van der Waals surface area contributed by atoms with Crippen LogP contribution >= 0.6 is 11.6 Å². The zero-order valence-corrected chi connectivity index (χ0v) is 18.5. The predicted molar refractivity (Wildman–Crippen MR) is 117 cm³/mol. The Labute approximate surface area is 181 Å². The van der Waals surface area contributed by atoms with Gasteiger partial charge < -0.3 is 18.8 Å². The zero-order valence-electron chi connectivity index (χ0n) is 17.7. The number of hydrogen-bond donors (Lipinski definition) is 0. The second-order valence-electron chi connectivity index (χ2n) is 7.61. The maximum Gasteiger partial charge on any atom is 0.188 e. The minimum Gasteiger partial charge on any atom is -0.466 e. The maximum absolute atomic E-state index is 6.47. The lowest BCUT2D eigenvalue weighted by Gasteiger charge is -2.13. The van der Waals surface area contributed by atoms with Crippen molar-refractivity contribution in [2.75, 3.05) is 20.5 Å². The fraction of sp³-hybridized carbons (Fsp3) is 0.391. The van der Waals surface area contributed by atoms with Gasteiger partial charge in [0.25, 0.3) is 0 Å². The number of methoxy groups -OCH3 is 1. The molecule has 7 heteroatoms. The number of ether oxygens (including phenoxy) is 3. The highest BCUT2D eigenvalue weighted by Crippen LogP contribution is 2.35. The lowest BCUT2D eigenvalue weighted by atomic mass is 10.1. The number of aromatic nitrogens is 3. The van der Waals surface area contributed by atoms with E-state index >= 15 is 0 Å². The number of fused-ring (bicyclic) bond motifs is 1. The summed E-state index contributed by atoms with van der Waals surface area (Å²) in [6.45, 7) is 7.67. The van der Waals surface area contributed by atoms with Gasteiger partial charge in [0.1, 0.15) is 11.6 Å². The fourth-order valence-corrected chi connectivity index (χ4v) is 4.14. The molecule has 0 radical (unpaired) electrons. The molecule has 0 bridgehead atoms. The lowest BCUT2D eigenvalue weighted by molar-refractivity contribution is 0.0512. The summed E-state index contributed by atoms with van der Waals surface area (Å²) in [5.74, 6) is 1.46. The summed E-state index contributed by atoms with van der Waals surface area (Å²) in [6.07, 6.45) is 0.906. The zero-order chi connectivity index (χ0) is 21.3. The lowest BCUT2D eigenvalue weighted by Crippen LogP contribution is -2.15. The molecule has 158 valence electrons. The van der Waals surface area contributed by atoms with Crippen molar-refractivity contribution >= 4 is 11.6 Å². The summed E-state index contributed by atoms with van der Waals surface area (Å²) < 4.78 is 18.7. The van der Waals surface area contributed by atoms with Crippen molar-refractivity contribution in [3.63, 3.8) is 0 Å². The second-order valence-corrected chi connectivity index (χ2v) is 8.01. The third kappa shape index (κ3) is 4.21. The van der Waals surface area contributed by atoms with E-state index in [1.807, 2.05) is 32.0 Å². The van der Waals surface area contributed by atoms with Crippen molar-refractivity contribution in [3.05, 3.63) is 52.4 Å². The van der Waals surface area contributed by atoms with Crippen molar-refractivity contribution in [2.24, 2.45) is 0 Å². The van der Waals surface area contributed by atoms with Crippen LogP contribution in [0.25, 0.3) is 22.6 Å². The maximum atomic E-state index is 6.47. The molecule has 3 heterocycles. The normalized spacial score (nSPS) is 16.2. The molecule has 0 saturated heterocycles. The molecule has 1 unspecified atom stereocenters. The smallest absolute Gasteiger partial charge is 0.188 e. The average molecular weight is 428 g/mol. The third-order valence-electron chi connectivity index (χ3n) is 5.13. The van der Waals surface area contributed by atoms with E-state index in [-0.39, 0.29) is 12.9 Å². The Balaban J connectivity index is 1.84. The van der Waals surface area contributed by atoms with E-state index in [0.717, 1.165) is 47.0 Å². The molecule has 1 aliphatic rings. The average Bonchev–Trinajstić information content (AvgIpc) is 2.93. The highest BCUT2D eigenvalue weighted by molar-refractivity contribution is 6.32. The van der Waals surface area contributed by atoms with Crippen molar-refractivity contribution in [1.82, 2.24) is 14.5 Å². The molecule has 0 N–H and O–H groups in total. The number of rotatable bonds is 5. The predicted octanol–water partition coefficient (Wildman–Crippen LogP) is 4.83. The number of halogens is 1. The van der Waals surface area contributed by atoms with Gasteiger partial charge >= 0.3 is 0 Å². The number of benzene rings is 1. The van der Waals surface area contributed by atoms with Crippen LogP contribution in [0.1, 0.15) is 24.0 Å². The van der Waals surface area contributed by atoms with E-state index in [1.54, 1.807) is 7.11 Å². The summed E-state index contributed by atoms with van der Waals surface area (Å²) in [4.78, 5) is 9.59. The first-order valence-corrected chi connectivity index (χ1v) is 10.4. The van der Waals surface area contributed by atoms with Gasteiger partial charge in [0.05, 0.1) is 30.0 Å². The number of hydrogen-bond acceptors (Lipinski definition) is 5. The number of imidazole rings is 1. The number of nitrogens with zero attached hydrogens (tertiary/aromatic N) is 3. The molecule has 30 heavy (non-hydrogen) atoms. The van der Waals surface area contributed by atoms with Crippen molar-refractivity contribution in [2.45, 2.75) is 39.8 Å². The first kappa shape index (κ1) is 20.8. The van der Waals surface area contributed by atoms with Crippen LogP contribution in [0.2, 0.25) is 5.02 Å². The van der Waals surface area contributed by atoms with Crippen LogP contribution in [0.15, 0.2) is 30.3 Å². The van der Waals surface area contributed by atoms with Gasteiger partial charge in [-0.3, -0.25) is 4.98 Å². The van der Waals surface area contributed by atoms with Gasteiger partial charge in [0.2, 0.25) is 0 Å². The Morgan fingerprint density at radius 3 is 2.60 bits per heavy atom. The molecule has 0 fully saturated rings. The molecule has 1 aromatic carbocycles. The minimum absolute atomic E-state index is 0.104. The monoisotopic (exact) mass is 427 g/mol.